The Morgan fingerprint density at radius 1 is 0.786 bits per heavy atom. The maximum absolute atomic E-state index is 14.0. The summed E-state index contributed by atoms with van der Waals surface area (Å²) in [6, 6.07) is 38.0. The largest absolute Gasteiger partial charge is 0.316 e. The third-order valence-electron chi connectivity index (χ3n) is 8.86. The molecule has 0 fully saturated rings. The van der Waals surface area contributed by atoms with Crippen molar-refractivity contribution in [3.63, 3.8) is 0 Å². The van der Waals surface area contributed by atoms with Gasteiger partial charge in [-0.25, -0.2) is 4.98 Å². The lowest BCUT2D eigenvalue weighted by Gasteiger charge is -2.38. The van der Waals surface area contributed by atoms with Crippen molar-refractivity contribution in [1.29, 1.82) is 0 Å². The normalized spacial score (nSPS) is 14.4. The van der Waals surface area contributed by atoms with Gasteiger partial charge in [-0.05, 0) is 72.2 Å². The first-order valence-corrected chi connectivity index (χ1v) is 14.7. The highest BCUT2D eigenvalue weighted by atomic mass is 16.1. The van der Waals surface area contributed by atoms with E-state index in [1.54, 1.807) is 0 Å². The zero-order valence-corrected chi connectivity index (χ0v) is 24.0. The molecule has 4 heteroatoms. The molecule has 3 heterocycles. The van der Waals surface area contributed by atoms with Gasteiger partial charge in [-0.2, -0.15) is 0 Å². The minimum absolute atomic E-state index is 0.103. The molecule has 1 aliphatic carbocycles. The van der Waals surface area contributed by atoms with Crippen LogP contribution in [0.15, 0.2) is 127 Å². The summed E-state index contributed by atoms with van der Waals surface area (Å²) in [7, 11) is 0. The summed E-state index contributed by atoms with van der Waals surface area (Å²) < 4.78 is 4.36. The topological polar surface area (TPSA) is 39.3 Å². The number of aryl methyl sites for hydroxylation is 1. The van der Waals surface area contributed by atoms with Crippen molar-refractivity contribution in [3.8, 4) is 0 Å². The van der Waals surface area contributed by atoms with Crippen molar-refractivity contribution < 1.29 is 4.79 Å². The standard InChI is InChI=1S/C38H33N3O/c1-3-32-33-23-22-28(37(42)36(33)40-24-14-13-21-35(32)40)25-34-27(2)41(26-39-34)38(29-15-7-4-8-16-29,30-17-9-5-10-18-30)31-19-11-6-12-20-31/h4-21,24-26H,3,22-23H2,1-2H3. The molecule has 0 saturated heterocycles. The summed E-state index contributed by atoms with van der Waals surface area (Å²) in [5.41, 5.74) is 9.87. The van der Waals surface area contributed by atoms with Crippen LogP contribution in [0.2, 0.25) is 0 Å². The number of carbonyl (C=O) groups is 1. The van der Waals surface area contributed by atoms with Gasteiger partial charge in [0.15, 0.2) is 0 Å². The van der Waals surface area contributed by atoms with E-state index in [9.17, 15) is 4.79 Å². The van der Waals surface area contributed by atoms with Crippen LogP contribution in [0.4, 0.5) is 0 Å². The van der Waals surface area contributed by atoms with Gasteiger partial charge in [0.1, 0.15) is 5.54 Å². The van der Waals surface area contributed by atoms with Crippen molar-refractivity contribution in [2.75, 3.05) is 0 Å². The van der Waals surface area contributed by atoms with E-state index in [1.165, 1.54) is 11.1 Å². The Morgan fingerprint density at radius 2 is 1.36 bits per heavy atom. The SMILES string of the molecule is CCc1c2c(n3ccccc13)C(=O)C(=Cc1ncn(C(c3ccccc3)(c3ccccc3)c3ccccc3)c1C)CC2. The molecule has 4 nitrogen and oxygen atoms in total. The van der Waals surface area contributed by atoms with Crippen LogP contribution >= 0.6 is 0 Å². The van der Waals surface area contributed by atoms with Crippen molar-refractivity contribution in [2.45, 2.75) is 38.6 Å². The van der Waals surface area contributed by atoms with Gasteiger partial charge < -0.3 is 8.97 Å². The fraction of sp³-hybridized carbons (Fsp3) is 0.158. The van der Waals surface area contributed by atoms with Gasteiger partial charge in [0, 0.05) is 23.0 Å². The van der Waals surface area contributed by atoms with Crippen molar-refractivity contribution in [2.24, 2.45) is 0 Å². The van der Waals surface area contributed by atoms with Crippen LogP contribution < -0.4 is 0 Å². The second-order valence-electron chi connectivity index (χ2n) is 11.0. The number of Topliss-reactive ketones (excluding diaryl/α,β-unsaturated/α-hetero) is 1. The van der Waals surface area contributed by atoms with Gasteiger partial charge in [-0.15, -0.1) is 0 Å². The molecule has 42 heavy (non-hydrogen) atoms. The maximum Gasteiger partial charge on any atom is 0.206 e. The molecular formula is C38H33N3O. The molecule has 0 N–H and O–H groups in total. The monoisotopic (exact) mass is 547 g/mol. The van der Waals surface area contributed by atoms with Gasteiger partial charge in [-0.1, -0.05) is 104 Å². The number of rotatable bonds is 6. The van der Waals surface area contributed by atoms with Crippen LogP contribution in [0.1, 0.15) is 63.0 Å². The molecule has 0 amide bonds. The van der Waals surface area contributed by atoms with E-state index in [1.807, 2.05) is 24.7 Å². The van der Waals surface area contributed by atoms with Crippen LogP contribution in [-0.4, -0.2) is 19.7 Å². The lowest BCUT2D eigenvalue weighted by Crippen LogP contribution is -2.38. The molecule has 7 rings (SSSR count). The molecule has 3 aromatic carbocycles. The van der Waals surface area contributed by atoms with Gasteiger partial charge in [0.2, 0.25) is 5.78 Å². The van der Waals surface area contributed by atoms with E-state index in [0.29, 0.717) is 6.42 Å². The lowest BCUT2D eigenvalue weighted by molar-refractivity contribution is 0.102. The molecule has 0 spiro atoms. The summed E-state index contributed by atoms with van der Waals surface area (Å²) in [6.45, 7) is 4.29. The number of ketones is 1. The molecule has 0 atom stereocenters. The number of carbonyl (C=O) groups excluding carboxylic acids is 1. The van der Waals surface area contributed by atoms with E-state index in [2.05, 4.69) is 126 Å². The second-order valence-corrected chi connectivity index (χ2v) is 11.0. The quantitative estimate of drug-likeness (QED) is 0.156. The number of aromatic nitrogens is 3. The zero-order chi connectivity index (χ0) is 28.7. The van der Waals surface area contributed by atoms with Crippen LogP contribution in [0.5, 0.6) is 0 Å². The van der Waals surface area contributed by atoms with Crippen molar-refractivity contribution in [1.82, 2.24) is 14.0 Å². The summed E-state index contributed by atoms with van der Waals surface area (Å²) in [6.07, 6.45) is 8.47. The first-order valence-electron chi connectivity index (χ1n) is 14.7. The molecule has 0 bridgehead atoms. The Labute approximate surface area is 246 Å². The van der Waals surface area contributed by atoms with Gasteiger partial charge in [0.05, 0.1) is 17.7 Å². The maximum atomic E-state index is 14.0. The smallest absolute Gasteiger partial charge is 0.206 e. The van der Waals surface area contributed by atoms with Gasteiger partial charge in [0.25, 0.3) is 0 Å². The van der Waals surface area contributed by atoms with Gasteiger partial charge in [-0.3, -0.25) is 4.79 Å². The zero-order valence-electron chi connectivity index (χ0n) is 24.0. The Bertz CT molecular complexity index is 1830. The number of benzene rings is 3. The number of pyridine rings is 1. The van der Waals surface area contributed by atoms with E-state index < -0.39 is 5.54 Å². The van der Waals surface area contributed by atoms with Crippen LogP contribution in [0.3, 0.4) is 0 Å². The van der Waals surface area contributed by atoms with E-state index in [0.717, 1.165) is 57.7 Å². The highest BCUT2D eigenvalue weighted by molar-refractivity contribution is 6.13. The van der Waals surface area contributed by atoms with Crippen LogP contribution in [0, 0.1) is 6.92 Å². The number of hydrogen-bond acceptors (Lipinski definition) is 2. The molecule has 0 saturated carbocycles. The van der Waals surface area contributed by atoms with Crippen LogP contribution in [0.25, 0.3) is 11.6 Å². The van der Waals surface area contributed by atoms with Crippen molar-refractivity contribution in [3.05, 3.63) is 172 Å². The Balaban J connectivity index is 1.41. The third kappa shape index (κ3) is 3.90. The molecule has 0 aliphatic heterocycles. The molecule has 6 aromatic rings. The highest BCUT2D eigenvalue weighted by Gasteiger charge is 2.39. The van der Waals surface area contributed by atoms with Crippen molar-refractivity contribution >= 4 is 17.4 Å². The Morgan fingerprint density at radius 3 is 1.93 bits per heavy atom. The predicted molar refractivity (Wildman–Crippen MR) is 169 cm³/mol. The third-order valence-corrected chi connectivity index (χ3v) is 8.86. The Kier molecular flexibility index (Phi) is 6.47. The van der Waals surface area contributed by atoms with Crippen LogP contribution in [-0.2, 0) is 18.4 Å². The number of nitrogens with zero attached hydrogens (tertiary/aromatic N) is 3. The fourth-order valence-electron chi connectivity index (χ4n) is 6.92. The average Bonchev–Trinajstić information content (AvgIpc) is 3.58. The van der Waals surface area contributed by atoms with Gasteiger partial charge >= 0.3 is 0 Å². The van der Waals surface area contributed by atoms with E-state index >= 15 is 0 Å². The summed E-state index contributed by atoms with van der Waals surface area (Å²) >= 11 is 0. The minimum atomic E-state index is -0.644. The molecule has 0 radical (unpaired) electrons. The minimum Gasteiger partial charge on any atom is -0.316 e. The number of allylic oxidation sites excluding steroid dienone is 1. The summed E-state index contributed by atoms with van der Waals surface area (Å²) in [4.78, 5) is 19.0. The van der Waals surface area contributed by atoms with E-state index in [4.69, 9.17) is 4.98 Å². The second kappa shape index (κ2) is 10.5. The summed E-state index contributed by atoms with van der Waals surface area (Å²) in [5, 5.41) is 0. The summed E-state index contributed by atoms with van der Waals surface area (Å²) in [5.74, 6) is 0.103. The average molecular weight is 548 g/mol. The number of fused-ring (bicyclic) bond motifs is 3. The molecule has 3 aromatic heterocycles. The highest BCUT2D eigenvalue weighted by Crippen LogP contribution is 2.42. The number of hydrogen-bond donors (Lipinski definition) is 0. The Hall–Kier alpha value is -4.96. The van der Waals surface area contributed by atoms with E-state index in [-0.39, 0.29) is 5.78 Å². The first-order chi connectivity index (χ1) is 20.6. The number of imidazole rings is 1. The molecular weight excluding hydrogens is 514 g/mol. The first kappa shape index (κ1) is 26.0. The molecule has 0 unspecified atom stereocenters. The predicted octanol–water partition coefficient (Wildman–Crippen LogP) is 8.06. The lowest BCUT2D eigenvalue weighted by atomic mass is 9.76. The fourth-order valence-corrected chi connectivity index (χ4v) is 6.92. The molecule has 1 aliphatic rings. The molecule has 206 valence electrons.